The van der Waals surface area contributed by atoms with Gasteiger partial charge in [0.1, 0.15) is 9.76 Å². The Bertz CT molecular complexity index is 45.8. The van der Waals surface area contributed by atoms with Gasteiger partial charge in [0.15, 0.2) is 0 Å². The Morgan fingerprint density at radius 1 is 1.11 bits per heavy atom. The lowest BCUT2D eigenvalue weighted by atomic mass is 11.9. The van der Waals surface area contributed by atoms with Crippen LogP contribution in [0.15, 0.2) is 0 Å². The number of hydrogen-bond acceptors (Lipinski definition) is 4. The lowest BCUT2D eigenvalue weighted by Gasteiger charge is -2.01. The molecule has 0 saturated heterocycles. The number of hydrogen-bond donors (Lipinski definition) is 1. The molecule has 0 unspecified atom stereocenters. The van der Waals surface area contributed by atoms with E-state index in [-0.39, 0.29) is 9.76 Å². The molecule has 0 heterocycles. The highest BCUT2D eigenvalue weighted by Gasteiger charge is 1.86. The van der Waals surface area contributed by atoms with Crippen molar-refractivity contribution in [1.29, 1.82) is 0 Å². The summed E-state index contributed by atoms with van der Waals surface area (Å²) in [5.41, 5.74) is 0. The second-order valence-corrected chi connectivity index (χ2v) is 7.47. The summed E-state index contributed by atoms with van der Waals surface area (Å²) in [6.45, 7) is 2.07. The second kappa shape index (κ2) is 8.71. The molecule has 0 spiro atoms. The van der Waals surface area contributed by atoms with E-state index in [0.29, 0.717) is 0 Å². The van der Waals surface area contributed by atoms with Gasteiger partial charge in [-0.2, -0.15) is 0 Å². The maximum absolute atomic E-state index is 8.28. The van der Waals surface area contributed by atoms with Gasteiger partial charge in [0.2, 0.25) is 0 Å². The molecule has 0 aromatic rings. The van der Waals surface area contributed by atoms with Crippen molar-refractivity contribution in [2.45, 2.75) is 6.55 Å². The maximum atomic E-state index is 8.28. The molecular formula is CH12O4Si4. The summed E-state index contributed by atoms with van der Waals surface area (Å²) in [5.74, 6) is 0. The molecule has 1 N–H and O–H groups in total. The van der Waals surface area contributed by atoms with Crippen molar-refractivity contribution in [2.75, 3.05) is 0 Å². The fraction of sp³-hybridized carbons (Fsp3) is 1.00. The first-order chi connectivity index (χ1) is 4.41. The van der Waals surface area contributed by atoms with Crippen LogP contribution in [0.3, 0.4) is 0 Å². The van der Waals surface area contributed by atoms with Crippen LogP contribution in [0.4, 0.5) is 0 Å². The van der Waals surface area contributed by atoms with E-state index in [1.54, 1.807) is 0 Å². The second-order valence-electron chi connectivity index (χ2n) is 1.27. The monoisotopic (exact) mass is 200 g/mol. The highest BCUT2D eigenvalue weighted by molar-refractivity contribution is 6.45. The third kappa shape index (κ3) is 8.71. The zero-order chi connectivity index (χ0) is 6.95. The fourth-order valence-corrected chi connectivity index (χ4v) is 4.57. The first kappa shape index (κ1) is 9.71. The van der Waals surface area contributed by atoms with Gasteiger partial charge in [-0.25, -0.2) is 0 Å². The first-order valence-corrected chi connectivity index (χ1v) is 8.27. The summed E-state index contributed by atoms with van der Waals surface area (Å²) in [6.07, 6.45) is 0. The van der Waals surface area contributed by atoms with Gasteiger partial charge >= 0.3 is 0 Å². The molecule has 0 bridgehead atoms. The third-order valence-electron chi connectivity index (χ3n) is 0.629. The van der Waals surface area contributed by atoms with Crippen molar-refractivity contribution in [3.8, 4) is 0 Å². The molecule has 8 heteroatoms. The normalized spacial score (nSPS) is 15.3. The van der Waals surface area contributed by atoms with E-state index < -0.39 is 30.0 Å². The van der Waals surface area contributed by atoms with Gasteiger partial charge in [-0.05, 0) is 0 Å². The average molecular weight is 200 g/mol. The van der Waals surface area contributed by atoms with Crippen molar-refractivity contribution in [3.63, 3.8) is 0 Å². The van der Waals surface area contributed by atoms with Crippen LogP contribution in [-0.2, 0) is 12.3 Å². The fourth-order valence-electron chi connectivity index (χ4n) is 0.272. The summed E-state index contributed by atoms with van der Waals surface area (Å²) in [6, 6.07) is 0. The van der Waals surface area contributed by atoms with Crippen LogP contribution in [-0.4, -0.2) is 44.6 Å². The van der Waals surface area contributed by atoms with Crippen molar-refractivity contribution in [3.05, 3.63) is 0 Å². The summed E-state index contributed by atoms with van der Waals surface area (Å²) >= 11 is 0. The molecule has 9 heavy (non-hydrogen) atoms. The van der Waals surface area contributed by atoms with E-state index >= 15 is 0 Å². The summed E-state index contributed by atoms with van der Waals surface area (Å²) in [5, 5.41) is 0. The Morgan fingerprint density at radius 3 is 2.33 bits per heavy atom. The van der Waals surface area contributed by atoms with Gasteiger partial charge in [-0.1, -0.05) is 6.55 Å². The van der Waals surface area contributed by atoms with Gasteiger partial charge in [0, 0.05) is 0 Å². The van der Waals surface area contributed by atoms with Crippen molar-refractivity contribution >= 4 is 39.8 Å². The van der Waals surface area contributed by atoms with Gasteiger partial charge in [-0.15, -0.1) is 0 Å². The summed E-state index contributed by atoms with van der Waals surface area (Å²) < 4.78 is 14.9. The predicted octanol–water partition coefficient (Wildman–Crippen LogP) is -3.84. The predicted molar refractivity (Wildman–Crippen MR) is 45.5 cm³/mol. The molecule has 0 atom stereocenters. The lowest BCUT2D eigenvalue weighted by Crippen LogP contribution is -2.13. The molecule has 4 nitrogen and oxygen atoms in total. The van der Waals surface area contributed by atoms with E-state index in [2.05, 4.69) is 6.55 Å². The molecule has 0 aliphatic heterocycles. The Balaban J connectivity index is 2.60. The minimum atomic E-state index is -1.21. The van der Waals surface area contributed by atoms with E-state index in [9.17, 15) is 0 Å². The van der Waals surface area contributed by atoms with Crippen LogP contribution in [0.5, 0.6) is 0 Å². The Morgan fingerprint density at radius 2 is 1.78 bits per heavy atom. The number of rotatable bonds is 6. The summed E-state index contributed by atoms with van der Waals surface area (Å²) in [4.78, 5) is 8.28. The van der Waals surface area contributed by atoms with E-state index in [1.807, 2.05) is 0 Å². The first-order valence-electron chi connectivity index (χ1n) is 2.76. The quantitative estimate of drug-likeness (QED) is 0.352. The zero-order valence-corrected chi connectivity index (χ0v) is 11.2. The van der Waals surface area contributed by atoms with E-state index in [1.165, 1.54) is 0 Å². The highest BCUT2D eigenvalue weighted by Crippen LogP contribution is 1.69. The van der Waals surface area contributed by atoms with Crippen molar-refractivity contribution in [2.24, 2.45) is 0 Å². The van der Waals surface area contributed by atoms with Gasteiger partial charge in [-0.3, -0.25) is 0 Å². The zero-order valence-electron chi connectivity index (χ0n) is 5.50. The van der Waals surface area contributed by atoms with Gasteiger partial charge in [0.05, 0.1) is 0 Å². The molecular weight excluding hydrogens is 188 g/mol. The molecule has 0 aromatic heterocycles. The SMILES string of the molecule is C[SiH2]O[SiH2]O[SiH2]O[SiH2]O. The minimum absolute atomic E-state index is 0.268. The van der Waals surface area contributed by atoms with Crippen LogP contribution >= 0.6 is 0 Å². The van der Waals surface area contributed by atoms with E-state index in [0.717, 1.165) is 0 Å². The van der Waals surface area contributed by atoms with Crippen LogP contribution in [0.1, 0.15) is 0 Å². The van der Waals surface area contributed by atoms with Crippen molar-refractivity contribution in [1.82, 2.24) is 0 Å². The van der Waals surface area contributed by atoms with Crippen LogP contribution in [0.2, 0.25) is 6.55 Å². The molecule has 0 aromatic carbocycles. The standard InChI is InChI=1S/CH12O4Si4/c1-6-3-8-5-9-4-7-2/h2H,6-9H2,1H3. The van der Waals surface area contributed by atoms with Crippen LogP contribution in [0, 0.1) is 0 Å². The lowest BCUT2D eigenvalue weighted by molar-refractivity contribution is 0.397. The average Bonchev–Trinajstić information content (AvgIpc) is 1.89. The Labute approximate surface area is 64.0 Å². The largest absolute Gasteiger partial charge is 0.447 e. The highest BCUT2D eigenvalue weighted by atomic mass is 28.4. The Hall–Kier alpha value is 0.708. The molecule has 0 saturated carbocycles. The molecule has 0 radical (unpaired) electrons. The molecule has 0 amide bonds. The van der Waals surface area contributed by atoms with Crippen LogP contribution in [0.25, 0.3) is 0 Å². The summed E-state index contributed by atoms with van der Waals surface area (Å²) in [7, 11) is -3.01. The molecule has 0 fully saturated rings. The molecule has 0 aliphatic rings. The van der Waals surface area contributed by atoms with E-state index in [4.69, 9.17) is 17.1 Å². The van der Waals surface area contributed by atoms with Gasteiger partial charge in [0.25, 0.3) is 30.0 Å². The topological polar surface area (TPSA) is 47.9 Å². The van der Waals surface area contributed by atoms with Crippen LogP contribution < -0.4 is 0 Å². The molecule has 0 rings (SSSR count). The Kier molecular flexibility index (Phi) is 9.39. The smallest absolute Gasteiger partial charge is 0.292 e. The van der Waals surface area contributed by atoms with Crippen molar-refractivity contribution < 1.29 is 17.1 Å². The molecule has 56 valence electrons. The van der Waals surface area contributed by atoms with Gasteiger partial charge < -0.3 is 17.1 Å². The maximum Gasteiger partial charge on any atom is 0.292 e. The molecule has 0 aliphatic carbocycles. The minimum Gasteiger partial charge on any atom is -0.447 e. The third-order valence-corrected chi connectivity index (χ3v) is 5.66.